The summed E-state index contributed by atoms with van der Waals surface area (Å²) in [5, 5.41) is 0. The number of halogens is 5. The SMILES string of the molecule is CCC=C[C@H]1CCc2c(ccc3c2CC[C@H](c2cc(F)c(C(F)(F)F)c(F)c2)C3)C1. The molecule has 0 nitrogen and oxygen atoms in total. The van der Waals surface area contributed by atoms with Crippen molar-refractivity contribution < 1.29 is 22.0 Å². The molecule has 0 spiro atoms. The molecule has 0 fully saturated rings. The van der Waals surface area contributed by atoms with Crippen LogP contribution in [-0.4, -0.2) is 0 Å². The second-order valence-corrected chi connectivity index (χ2v) is 8.48. The summed E-state index contributed by atoms with van der Waals surface area (Å²) in [7, 11) is 0. The highest BCUT2D eigenvalue weighted by molar-refractivity contribution is 5.46. The molecule has 2 aromatic carbocycles. The zero-order chi connectivity index (χ0) is 21.5. The summed E-state index contributed by atoms with van der Waals surface area (Å²) in [4.78, 5) is 0. The molecule has 4 rings (SSSR count). The maximum Gasteiger partial charge on any atom is 0.422 e. The maximum atomic E-state index is 14.0. The molecule has 5 heteroatoms. The van der Waals surface area contributed by atoms with Gasteiger partial charge < -0.3 is 0 Å². The number of allylic oxidation sites excluding steroid dienone is 2. The number of fused-ring (bicyclic) bond motifs is 3. The lowest BCUT2D eigenvalue weighted by atomic mass is 9.73. The Bertz CT molecular complexity index is 947. The molecule has 0 unspecified atom stereocenters. The molecule has 0 saturated carbocycles. The van der Waals surface area contributed by atoms with Crippen molar-refractivity contribution in [2.75, 3.05) is 0 Å². The van der Waals surface area contributed by atoms with Gasteiger partial charge in [0.2, 0.25) is 0 Å². The molecule has 2 aliphatic carbocycles. The highest BCUT2D eigenvalue weighted by atomic mass is 19.4. The minimum Gasteiger partial charge on any atom is -0.206 e. The predicted molar refractivity (Wildman–Crippen MR) is 108 cm³/mol. The summed E-state index contributed by atoms with van der Waals surface area (Å²) in [5.41, 5.74) is 3.81. The van der Waals surface area contributed by atoms with Gasteiger partial charge in [-0.3, -0.25) is 0 Å². The fourth-order valence-electron chi connectivity index (χ4n) is 5.07. The van der Waals surface area contributed by atoms with Gasteiger partial charge in [0.15, 0.2) is 0 Å². The third-order valence-electron chi connectivity index (χ3n) is 6.54. The quantitative estimate of drug-likeness (QED) is 0.360. The van der Waals surface area contributed by atoms with E-state index >= 15 is 0 Å². The Morgan fingerprint density at radius 3 is 2.13 bits per heavy atom. The third kappa shape index (κ3) is 4.03. The van der Waals surface area contributed by atoms with Crippen LogP contribution >= 0.6 is 0 Å². The first kappa shape index (κ1) is 21.1. The van der Waals surface area contributed by atoms with Crippen LogP contribution in [-0.2, 0) is 31.9 Å². The van der Waals surface area contributed by atoms with Crippen molar-refractivity contribution in [3.05, 3.63) is 81.4 Å². The summed E-state index contributed by atoms with van der Waals surface area (Å²) in [6.07, 6.45) is 5.83. The first-order valence-corrected chi connectivity index (χ1v) is 10.6. The van der Waals surface area contributed by atoms with Crippen LogP contribution in [0.4, 0.5) is 22.0 Å². The summed E-state index contributed by atoms with van der Waals surface area (Å²) >= 11 is 0. The van der Waals surface area contributed by atoms with E-state index in [1.165, 1.54) is 16.7 Å². The predicted octanol–water partition coefficient (Wildman–Crippen LogP) is 7.33. The van der Waals surface area contributed by atoms with E-state index in [1.54, 1.807) is 0 Å². The van der Waals surface area contributed by atoms with Crippen molar-refractivity contribution in [2.45, 2.75) is 64.0 Å². The Morgan fingerprint density at radius 2 is 1.53 bits per heavy atom. The van der Waals surface area contributed by atoms with Gasteiger partial charge in [-0.2, -0.15) is 13.2 Å². The minimum atomic E-state index is -5.03. The monoisotopic (exact) mass is 420 g/mol. The molecule has 0 N–H and O–H groups in total. The zero-order valence-corrected chi connectivity index (χ0v) is 17.0. The van der Waals surface area contributed by atoms with Crippen molar-refractivity contribution >= 4 is 0 Å². The van der Waals surface area contributed by atoms with Gasteiger partial charge in [-0.1, -0.05) is 31.2 Å². The molecular weight excluding hydrogens is 395 g/mol. The standard InChI is InChI=1S/C25H25F5/c1-2-3-4-15-5-9-20-17(11-15)6-7-18-12-16(8-10-21(18)20)19-13-22(26)24(23(27)14-19)25(28,29)30/h3-4,6-7,13-16H,2,5,8-12H2,1H3/t15-,16-/m0/s1. The van der Waals surface area contributed by atoms with E-state index in [0.717, 1.165) is 49.8 Å². The highest BCUT2D eigenvalue weighted by Crippen LogP contribution is 2.40. The fourth-order valence-corrected chi connectivity index (χ4v) is 5.07. The van der Waals surface area contributed by atoms with E-state index < -0.39 is 23.4 Å². The Labute approximate surface area is 173 Å². The average Bonchev–Trinajstić information content (AvgIpc) is 2.69. The molecule has 30 heavy (non-hydrogen) atoms. The van der Waals surface area contributed by atoms with Crippen LogP contribution in [0.15, 0.2) is 36.4 Å². The average molecular weight is 420 g/mol. The van der Waals surface area contributed by atoms with Gasteiger partial charge in [0.05, 0.1) is 0 Å². The van der Waals surface area contributed by atoms with Crippen molar-refractivity contribution in [2.24, 2.45) is 5.92 Å². The Kier molecular flexibility index (Phi) is 5.73. The van der Waals surface area contributed by atoms with Crippen molar-refractivity contribution in [3.63, 3.8) is 0 Å². The van der Waals surface area contributed by atoms with Gasteiger partial charge in [-0.05, 0) is 96.7 Å². The van der Waals surface area contributed by atoms with Crippen LogP contribution in [0.3, 0.4) is 0 Å². The van der Waals surface area contributed by atoms with Crippen molar-refractivity contribution in [1.82, 2.24) is 0 Å². The number of benzene rings is 2. The van der Waals surface area contributed by atoms with Crippen LogP contribution in [0.1, 0.15) is 65.5 Å². The van der Waals surface area contributed by atoms with Crippen molar-refractivity contribution in [1.29, 1.82) is 0 Å². The lowest BCUT2D eigenvalue weighted by Crippen LogP contribution is -2.20. The number of alkyl halides is 3. The molecule has 0 amide bonds. The molecule has 2 aromatic rings. The molecule has 0 saturated heterocycles. The molecule has 0 radical (unpaired) electrons. The van der Waals surface area contributed by atoms with Crippen LogP contribution in [0.5, 0.6) is 0 Å². The van der Waals surface area contributed by atoms with E-state index in [1.807, 2.05) is 0 Å². The van der Waals surface area contributed by atoms with E-state index in [4.69, 9.17) is 0 Å². The molecule has 2 aliphatic rings. The van der Waals surface area contributed by atoms with Crippen LogP contribution in [0.2, 0.25) is 0 Å². The minimum absolute atomic E-state index is 0.175. The van der Waals surface area contributed by atoms with Gasteiger partial charge in [0, 0.05) is 0 Å². The van der Waals surface area contributed by atoms with Crippen LogP contribution < -0.4 is 0 Å². The topological polar surface area (TPSA) is 0 Å². The first-order chi connectivity index (χ1) is 14.3. The summed E-state index contributed by atoms with van der Waals surface area (Å²) in [5.74, 6) is -2.66. The molecule has 0 bridgehead atoms. The molecule has 160 valence electrons. The number of hydrogen-bond acceptors (Lipinski definition) is 0. The lowest BCUT2D eigenvalue weighted by Gasteiger charge is -2.31. The number of hydrogen-bond donors (Lipinski definition) is 0. The molecular formula is C25H25F5. The third-order valence-corrected chi connectivity index (χ3v) is 6.54. The largest absolute Gasteiger partial charge is 0.422 e. The molecule has 0 aromatic heterocycles. The van der Waals surface area contributed by atoms with E-state index in [0.29, 0.717) is 24.3 Å². The molecule has 0 aliphatic heterocycles. The van der Waals surface area contributed by atoms with E-state index in [-0.39, 0.29) is 5.92 Å². The van der Waals surface area contributed by atoms with Gasteiger partial charge in [-0.25, -0.2) is 8.78 Å². The smallest absolute Gasteiger partial charge is 0.206 e. The van der Waals surface area contributed by atoms with Gasteiger partial charge in [0.25, 0.3) is 0 Å². The zero-order valence-electron chi connectivity index (χ0n) is 17.0. The van der Waals surface area contributed by atoms with Crippen LogP contribution in [0, 0.1) is 17.6 Å². The normalized spacial score (nSPS) is 21.5. The second-order valence-electron chi connectivity index (χ2n) is 8.48. The van der Waals surface area contributed by atoms with Crippen LogP contribution in [0.25, 0.3) is 0 Å². The summed E-state index contributed by atoms with van der Waals surface area (Å²) in [6, 6.07) is 5.99. The second kappa shape index (κ2) is 8.16. The Morgan fingerprint density at radius 1 is 0.933 bits per heavy atom. The first-order valence-electron chi connectivity index (χ1n) is 10.6. The summed E-state index contributed by atoms with van der Waals surface area (Å²) < 4.78 is 66.6. The van der Waals surface area contributed by atoms with E-state index in [2.05, 4.69) is 31.2 Å². The Balaban J connectivity index is 1.58. The van der Waals surface area contributed by atoms with E-state index in [9.17, 15) is 22.0 Å². The highest BCUT2D eigenvalue weighted by Gasteiger charge is 2.38. The van der Waals surface area contributed by atoms with Crippen molar-refractivity contribution in [3.8, 4) is 0 Å². The van der Waals surface area contributed by atoms with Gasteiger partial charge in [0.1, 0.15) is 17.2 Å². The molecule has 0 heterocycles. The number of rotatable bonds is 3. The lowest BCUT2D eigenvalue weighted by molar-refractivity contribution is -0.142. The fraction of sp³-hybridized carbons (Fsp3) is 0.440. The maximum absolute atomic E-state index is 14.0. The Hall–Kier alpha value is -2.17. The van der Waals surface area contributed by atoms with Gasteiger partial charge >= 0.3 is 6.18 Å². The molecule has 2 atom stereocenters. The van der Waals surface area contributed by atoms with Gasteiger partial charge in [-0.15, -0.1) is 0 Å². The summed E-state index contributed by atoms with van der Waals surface area (Å²) in [6.45, 7) is 2.13.